The van der Waals surface area contributed by atoms with Crippen LogP contribution in [-0.4, -0.2) is 12.6 Å². The van der Waals surface area contributed by atoms with Crippen LogP contribution in [0.1, 0.15) is 52.4 Å². The molecule has 0 aliphatic rings. The third-order valence-electron chi connectivity index (χ3n) is 2.00. The van der Waals surface area contributed by atoms with Crippen LogP contribution in [0, 0.1) is 0 Å². The summed E-state index contributed by atoms with van der Waals surface area (Å²) in [6.45, 7) is 8.48. The number of hydrogen-bond acceptors (Lipinski definition) is 2. The Hall–Kier alpha value is -0.790. The first-order chi connectivity index (χ1) is 6.66. The lowest BCUT2D eigenvalue weighted by Crippen LogP contribution is -2.05. The molecule has 0 N–H and O–H groups in total. The Labute approximate surface area is 87.3 Å². The summed E-state index contributed by atoms with van der Waals surface area (Å²) in [5, 5.41) is 0. The van der Waals surface area contributed by atoms with E-state index in [9.17, 15) is 4.79 Å². The molecule has 0 saturated carbocycles. The van der Waals surface area contributed by atoms with E-state index in [0.717, 1.165) is 37.7 Å². The van der Waals surface area contributed by atoms with Crippen LogP contribution >= 0.6 is 0 Å². The summed E-state index contributed by atoms with van der Waals surface area (Å²) in [6.07, 6.45) is 5.60. The smallest absolute Gasteiger partial charge is 0.305 e. The maximum Gasteiger partial charge on any atom is 0.305 e. The molecule has 0 rings (SSSR count). The van der Waals surface area contributed by atoms with Crippen molar-refractivity contribution in [3.8, 4) is 0 Å². The molecule has 0 aromatic heterocycles. The topological polar surface area (TPSA) is 26.3 Å². The zero-order chi connectivity index (χ0) is 10.8. The van der Waals surface area contributed by atoms with Crippen molar-refractivity contribution in [3.63, 3.8) is 0 Å². The standard InChI is InChI=1S/C12H22O2/c1-4-5-6-10-14-12(13)9-7-8-11(2)3/h2,4-10H2,1,3H3. The van der Waals surface area contributed by atoms with E-state index < -0.39 is 0 Å². The van der Waals surface area contributed by atoms with Gasteiger partial charge in [0.2, 0.25) is 0 Å². The Kier molecular flexibility index (Phi) is 8.30. The van der Waals surface area contributed by atoms with E-state index >= 15 is 0 Å². The average molecular weight is 198 g/mol. The van der Waals surface area contributed by atoms with Gasteiger partial charge in [0, 0.05) is 6.42 Å². The second kappa shape index (κ2) is 8.79. The summed E-state index contributed by atoms with van der Waals surface area (Å²) in [6, 6.07) is 0. The van der Waals surface area contributed by atoms with Crippen LogP contribution in [0.2, 0.25) is 0 Å². The number of unbranched alkanes of at least 4 members (excludes halogenated alkanes) is 2. The number of carbonyl (C=O) groups is 1. The molecular formula is C12H22O2. The van der Waals surface area contributed by atoms with Crippen LogP contribution in [0.3, 0.4) is 0 Å². The quantitative estimate of drug-likeness (QED) is 0.339. The zero-order valence-corrected chi connectivity index (χ0v) is 9.47. The molecule has 0 saturated heterocycles. The number of esters is 1. The van der Waals surface area contributed by atoms with Crippen molar-refractivity contribution in [2.75, 3.05) is 6.61 Å². The van der Waals surface area contributed by atoms with Crippen molar-refractivity contribution in [1.29, 1.82) is 0 Å². The van der Waals surface area contributed by atoms with Crippen LogP contribution in [0.5, 0.6) is 0 Å². The minimum atomic E-state index is -0.0673. The molecule has 0 spiro atoms. The fourth-order valence-corrected chi connectivity index (χ4v) is 1.14. The summed E-state index contributed by atoms with van der Waals surface area (Å²) >= 11 is 0. The maximum absolute atomic E-state index is 11.1. The number of hydrogen-bond donors (Lipinski definition) is 0. The van der Waals surface area contributed by atoms with Gasteiger partial charge in [-0.25, -0.2) is 0 Å². The van der Waals surface area contributed by atoms with Crippen molar-refractivity contribution < 1.29 is 9.53 Å². The molecule has 82 valence electrons. The van der Waals surface area contributed by atoms with E-state index in [1.807, 2.05) is 6.92 Å². The lowest BCUT2D eigenvalue weighted by Gasteiger charge is -2.03. The Balaban J connectivity index is 3.24. The van der Waals surface area contributed by atoms with Gasteiger partial charge in [0.15, 0.2) is 0 Å². The van der Waals surface area contributed by atoms with E-state index in [4.69, 9.17) is 4.74 Å². The highest BCUT2D eigenvalue weighted by molar-refractivity contribution is 5.69. The van der Waals surface area contributed by atoms with Gasteiger partial charge in [-0.3, -0.25) is 4.79 Å². The van der Waals surface area contributed by atoms with E-state index in [1.54, 1.807) is 0 Å². The van der Waals surface area contributed by atoms with Gasteiger partial charge in [0.1, 0.15) is 0 Å². The fraction of sp³-hybridized carbons (Fsp3) is 0.750. The van der Waals surface area contributed by atoms with Gasteiger partial charge >= 0.3 is 5.97 Å². The first kappa shape index (κ1) is 13.2. The highest BCUT2D eigenvalue weighted by atomic mass is 16.5. The van der Waals surface area contributed by atoms with Crippen molar-refractivity contribution in [2.45, 2.75) is 52.4 Å². The lowest BCUT2D eigenvalue weighted by molar-refractivity contribution is -0.143. The summed E-state index contributed by atoms with van der Waals surface area (Å²) in [7, 11) is 0. The van der Waals surface area contributed by atoms with Crippen LogP contribution < -0.4 is 0 Å². The Morgan fingerprint density at radius 3 is 2.50 bits per heavy atom. The largest absolute Gasteiger partial charge is 0.466 e. The second-order valence-electron chi connectivity index (χ2n) is 3.74. The maximum atomic E-state index is 11.1. The summed E-state index contributed by atoms with van der Waals surface area (Å²) < 4.78 is 5.06. The monoisotopic (exact) mass is 198 g/mol. The van der Waals surface area contributed by atoms with Crippen molar-refractivity contribution in [2.24, 2.45) is 0 Å². The molecule has 0 aliphatic heterocycles. The summed E-state index contributed by atoms with van der Waals surface area (Å²) in [5.74, 6) is -0.0673. The van der Waals surface area contributed by atoms with Crippen LogP contribution in [-0.2, 0) is 9.53 Å². The normalized spacial score (nSPS) is 9.86. The molecule has 0 atom stereocenters. The first-order valence-electron chi connectivity index (χ1n) is 5.46. The van der Waals surface area contributed by atoms with Gasteiger partial charge in [-0.05, 0) is 26.2 Å². The van der Waals surface area contributed by atoms with Crippen LogP contribution in [0.25, 0.3) is 0 Å². The highest BCUT2D eigenvalue weighted by Crippen LogP contribution is 2.05. The number of rotatable bonds is 8. The van der Waals surface area contributed by atoms with Crippen molar-refractivity contribution in [1.82, 2.24) is 0 Å². The summed E-state index contributed by atoms with van der Waals surface area (Å²) in [4.78, 5) is 11.1. The molecule has 0 aromatic rings. The first-order valence-corrected chi connectivity index (χ1v) is 5.46. The lowest BCUT2D eigenvalue weighted by atomic mass is 10.1. The number of allylic oxidation sites excluding steroid dienone is 1. The van der Waals surface area contributed by atoms with Gasteiger partial charge in [-0.15, -0.1) is 6.58 Å². The average Bonchev–Trinajstić information content (AvgIpc) is 2.12. The molecule has 2 nitrogen and oxygen atoms in total. The van der Waals surface area contributed by atoms with Gasteiger partial charge < -0.3 is 4.74 Å². The van der Waals surface area contributed by atoms with Gasteiger partial charge in [-0.1, -0.05) is 25.3 Å². The molecule has 2 heteroatoms. The molecule has 0 bridgehead atoms. The molecule has 0 unspecified atom stereocenters. The van der Waals surface area contributed by atoms with Crippen molar-refractivity contribution in [3.05, 3.63) is 12.2 Å². The molecule has 0 aliphatic carbocycles. The second-order valence-corrected chi connectivity index (χ2v) is 3.74. The highest BCUT2D eigenvalue weighted by Gasteiger charge is 2.01. The van der Waals surface area contributed by atoms with E-state index in [2.05, 4.69) is 13.5 Å². The molecule has 0 heterocycles. The van der Waals surface area contributed by atoms with E-state index in [0.29, 0.717) is 13.0 Å². The predicted octanol–water partition coefficient (Wildman–Crippen LogP) is 3.47. The van der Waals surface area contributed by atoms with E-state index in [1.165, 1.54) is 0 Å². The summed E-state index contributed by atoms with van der Waals surface area (Å²) in [5.41, 5.74) is 1.13. The van der Waals surface area contributed by atoms with Crippen molar-refractivity contribution >= 4 is 5.97 Å². The number of carbonyl (C=O) groups excluding carboxylic acids is 1. The Morgan fingerprint density at radius 2 is 1.93 bits per heavy atom. The third kappa shape index (κ3) is 9.30. The van der Waals surface area contributed by atoms with Gasteiger partial charge in [-0.2, -0.15) is 0 Å². The minimum Gasteiger partial charge on any atom is -0.466 e. The number of ether oxygens (including phenoxy) is 1. The minimum absolute atomic E-state index is 0.0673. The van der Waals surface area contributed by atoms with E-state index in [-0.39, 0.29) is 5.97 Å². The van der Waals surface area contributed by atoms with Gasteiger partial charge in [0.25, 0.3) is 0 Å². The molecule has 0 amide bonds. The van der Waals surface area contributed by atoms with Crippen LogP contribution in [0.4, 0.5) is 0 Å². The zero-order valence-electron chi connectivity index (χ0n) is 9.47. The molecule has 0 aromatic carbocycles. The molecule has 0 radical (unpaired) electrons. The third-order valence-corrected chi connectivity index (χ3v) is 2.00. The molecular weight excluding hydrogens is 176 g/mol. The van der Waals surface area contributed by atoms with Crippen LogP contribution in [0.15, 0.2) is 12.2 Å². The van der Waals surface area contributed by atoms with Gasteiger partial charge in [0.05, 0.1) is 6.61 Å². The molecule has 0 fully saturated rings. The Bertz CT molecular complexity index is 173. The predicted molar refractivity (Wildman–Crippen MR) is 59.1 cm³/mol. The Morgan fingerprint density at radius 1 is 1.21 bits per heavy atom. The molecule has 14 heavy (non-hydrogen) atoms. The SMILES string of the molecule is C=C(C)CCCC(=O)OCCCCC. The fourth-order valence-electron chi connectivity index (χ4n) is 1.14.